The zero-order valence-electron chi connectivity index (χ0n) is 12.7. The fourth-order valence-electron chi connectivity index (χ4n) is 2.54. The molecule has 1 fully saturated rings. The molecule has 0 unspecified atom stereocenters. The normalized spacial score (nSPS) is 15.5. The molecule has 2 heterocycles. The van der Waals surface area contributed by atoms with Gasteiger partial charge in [0.25, 0.3) is 5.91 Å². The van der Waals surface area contributed by atoms with Crippen molar-refractivity contribution in [3.63, 3.8) is 0 Å². The first-order valence-electron chi connectivity index (χ1n) is 7.54. The second kappa shape index (κ2) is 7.27. The van der Waals surface area contributed by atoms with E-state index in [0.29, 0.717) is 12.6 Å². The molecule has 0 aliphatic carbocycles. The average molecular weight is 356 g/mol. The zero-order valence-corrected chi connectivity index (χ0v) is 13.5. The van der Waals surface area contributed by atoms with E-state index in [2.05, 4.69) is 20.4 Å². The monoisotopic (exact) mass is 356 g/mol. The molecule has 3 rings (SSSR count). The number of carbonyl (C=O) groups excluding carboxylic acids is 1. The maximum absolute atomic E-state index is 13.6. The third-order valence-corrected chi connectivity index (χ3v) is 4.60. The number of nitrogens with one attached hydrogen (secondary N) is 1. The summed E-state index contributed by atoms with van der Waals surface area (Å²) in [6.45, 7) is 2.65. The molecule has 0 saturated carbocycles. The number of rotatable bonds is 4. The van der Waals surface area contributed by atoms with Crippen LogP contribution >= 0.6 is 11.3 Å². The SMILES string of the molecule is O=C(Nc1nnc(CN2CCCCC2)s1)c1ccc(F)c(F)c1F. The Morgan fingerprint density at radius 2 is 1.88 bits per heavy atom. The van der Waals surface area contributed by atoms with Gasteiger partial charge in [-0.05, 0) is 38.1 Å². The van der Waals surface area contributed by atoms with Crippen LogP contribution in [0.3, 0.4) is 0 Å². The molecule has 0 bridgehead atoms. The van der Waals surface area contributed by atoms with E-state index < -0.39 is 28.9 Å². The van der Waals surface area contributed by atoms with Gasteiger partial charge in [-0.1, -0.05) is 17.8 Å². The number of aromatic nitrogens is 2. The highest BCUT2D eigenvalue weighted by Crippen LogP contribution is 2.21. The lowest BCUT2D eigenvalue weighted by molar-refractivity contribution is 0.102. The number of hydrogen-bond acceptors (Lipinski definition) is 5. The van der Waals surface area contributed by atoms with E-state index >= 15 is 0 Å². The maximum atomic E-state index is 13.6. The van der Waals surface area contributed by atoms with Gasteiger partial charge < -0.3 is 0 Å². The first kappa shape index (κ1) is 16.8. The Kier molecular flexibility index (Phi) is 5.10. The number of benzene rings is 1. The summed E-state index contributed by atoms with van der Waals surface area (Å²) >= 11 is 1.18. The van der Waals surface area contributed by atoms with Gasteiger partial charge in [0, 0.05) is 0 Å². The molecule has 1 amide bonds. The fraction of sp³-hybridized carbons (Fsp3) is 0.400. The van der Waals surface area contributed by atoms with Gasteiger partial charge in [-0.15, -0.1) is 10.2 Å². The highest BCUT2D eigenvalue weighted by Gasteiger charge is 2.20. The van der Waals surface area contributed by atoms with Crippen LogP contribution in [0.15, 0.2) is 12.1 Å². The molecular formula is C15H15F3N4OS. The summed E-state index contributed by atoms with van der Waals surface area (Å²) in [5.74, 6) is -5.44. The standard InChI is InChI=1S/C15H15F3N4OS/c16-10-5-4-9(12(17)13(10)18)14(23)19-15-21-20-11(24-15)8-22-6-2-1-3-7-22/h4-5H,1-3,6-8H2,(H,19,21,23). The van der Waals surface area contributed by atoms with Crippen molar-refractivity contribution in [3.8, 4) is 0 Å². The van der Waals surface area contributed by atoms with Crippen LogP contribution < -0.4 is 5.32 Å². The zero-order chi connectivity index (χ0) is 17.1. The number of nitrogens with zero attached hydrogens (tertiary/aromatic N) is 3. The number of halogens is 3. The van der Waals surface area contributed by atoms with Crippen LogP contribution in [-0.4, -0.2) is 34.1 Å². The van der Waals surface area contributed by atoms with Crippen LogP contribution in [0, 0.1) is 17.5 Å². The Labute approximate surface area is 140 Å². The number of amides is 1. The fourth-order valence-corrected chi connectivity index (χ4v) is 3.32. The number of carbonyl (C=O) groups is 1. The predicted octanol–water partition coefficient (Wildman–Crippen LogP) is 3.19. The van der Waals surface area contributed by atoms with Crippen LogP contribution in [0.4, 0.5) is 18.3 Å². The Morgan fingerprint density at radius 3 is 2.62 bits per heavy atom. The van der Waals surface area contributed by atoms with E-state index in [-0.39, 0.29) is 5.13 Å². The van der Waals surface area contributed by atoms with Crippen LogP contribution in [0.1, 0.15) is 34.6 Å². The summed E-state index contributed by atoms with van der Waals surface area (Å²) in [7, 11) is 0. The summed E-state index contributed by atoms with van der Waals surface area (Å²) < 4.78 is 39.7. The van der Waals surface area contributed by atoms with Gasteiger partial charge in [-0.25, -0.2) is 13.2 Å². The molecule has 128 valence electrons. The number of likely N-dealkylation sites (tertiary alicyclic amines) is 1. The lowest BCUT2D eigenvalue weighted by Gasteiger charge is -2.24. The molecule has 2 aromatic rings. The minimum absolute atomic E-state index is 0.191. The van der Waals surface area contributed by atoms with E-state index in [9.17, 15) is 18.0 Å². The molecule has 1 aromatic heterocycles. The third kappa shape index (κ3) is 3.73. The van der Waals surface area contributed by atoms with Crippen molar-refractivity contribution >= 4 is 22.4 Å². The maximum Gasteiger partial charge on any atom is 0.260 e. The summed E-state index contributed by atoms with van der Waals surface area (Å²) in [5.41, 5.74) is -0.582. The molecule has 0 atom stereocenters. The molecule has 0 radical (unpaired) electrons. The Hall–Kier alpha value is -2.00. The molecule has 1 saturated heterocycles. The topological polar surface area (TPSA) is 58.1 Å². The van der Waals surface area contributed by atoms with Crippen molar-refractivity contribution in [2.75, 3.05) is 18.4 Å². The van der Waals surface area contributed by atoms with Gasteiger partial charge in [-0.2, -0.15) is 0 Å². The number of piperidine rings is 1. The van der Waals surface area contributed by atoms with Gasteiger partial charge in [0.2, 0.25) is 5.13 Å². The number of hydrogen-bond donors (Lipinski definition) is 1. The molecule has 0 spiro atoms. The second-order valence-corrected chi connectivity index (χ2v) is 6.58. The average Bonchev–Trinajstić information content (AvgIpc) is 3.00. The summed E-state index contributed by atoms with van der Waals surface area (Å²) in [4.78, 5) is 14.2. The van der Waals surface area contributed by atoms with Gasteiger partial charge >= 0.3 is 0 Å². The molecule has 5 nitrogen and oxygen atoms in total. The highest BCUT2D eigenvalue weighted by atomic mass is 32.1. The first-order chi connectivity index (χ1) is 11.5. The molecule has 24 heavy (non-hydrogen) atoms. The molecule has 1 aliphatic heterocycles. The van der Waals surface area contributed by atoms with E-state index in [0.717, 1.165) is 37.0 Å². The lowest BCUT2D eigenvalue weighted by Crippen LogP contribution is -2.28. The summed E-state index contributed by atoms with van der Waals surface area (Å²) in [6.07, 6.45) is 3.53. The molecule has 1 aliphatic rings. The minimum atomic E-state index is -1.68. The Morgan fingerprint density at radius 1 is 1.12 bits per heavy atom. The smallest absolute Gasteiger partial charge is 0.260 e. The first-order valence-corrected chi connectivity index (χ1v) is 8.36. The van der Waals surface area contributed by atoms with Crippen molar-refractivity contribution in [2.24, 2.45) is 0 Å². The van der Waals surface area contributed by atoms with Crippen LogP contribution in [0.5, 0.6) is 0 Å². The van der Waals surface area contributed by atoms with Crippen LogP contribution in [0.25, 0.3) is 0 Å². The van der Waals surface area contributed by atoms with Crippen molar-refractivity contribution in [1.29, 1.82) is 0 Å². The molecule has 1 N–H and O–H groups in total. The van der Waals surface area contributed by atoms with Crippen molar-refractivity contribution < 1.29 is 18.0 Å². The van der Waals surface area contributed by atoms with Gasteiger partial charge in [0.15, 0.2) is 17.5 Å². The lowest BCUT2D eigenvalue weighted by atomic mass is 10.1. The van der Waals surface area contributed by atoms with Gasteiger partial charge in [-0.3, -0.25) is 15.0 Å². The summed E-state index contributed by atoms with van der Waals surface area (Å²) in [6, 6.07) is 1.59. The molecular weight excluding hydrogens is 341 g/mol. The quantitative estimate of drug-likeness (QED) is 0.855. The van der Waals surface area contributed by atoms with Crippen LogP contribution in [0.2, 0.25) is 0 Å². The van der Waals surface area contributed by atoms with E-state index in [1.807, 2.05) is 0 Å². The van der Waals surface area contributed by atoms with E-state index in [4.69, 9.17) is 0 Å². The van der Waals surface area contributed by atoms with Gasteiger partial charge in [0.05, 0.1) is 12.1 Å². The second-order valence-electron chi connectivity index (χ2n) is 5.51. The Balaban J connectivity index is 1.66. The van der Waals surface area contributed by atoms with Crippen molar-refractivity contribution in [2.45, 2.75) is 25.8 Å². The van der Waals surface area contributed by atoms with Gasteiger partial charge in [0.1, 0.15) is 5.01 Å². The minimum Gasteiger partial charge on any atom is -0.297 e. The van der Waals surface area contributed by atoms with Crippen LogP contribution in [-0.2, 0) is 6.54 Å². The molecule has 1 aromatic carbocycles. The largest absolute Gasteiger partial charge is 0.297 e. The summed E-state index contributed by atoms with van der Waals surface area (Å²) in [5, 5.41) is 11.1. The van der Waals surface area contributed by atoms with E-state index in [1.165, 1.54) is 17.8 Å². The molecule has 9 heteroatoms. The third-order valence-electron chi connectivity index (χ3n) is 3.77. The van der Waals surface area contributed by atoms with Crippen molar-refractivity contribution in [1.82, 2.24) is 15.1 Å². The van der Waals surface area contributed by atoms with Crippen molar-refractivity contribution in [3.05, 3.63) is 40.2 Å². The van der Waals surface area contributed by atoms with E-state index in [1.54, 1.807) is 0 Å². The highest BCUT2D eigenvalue weighted by molar-refractivity contribution is 7.15. The number of anilines is 1. The Bertz CT molecular complexity index is 746. The predicted molar refractivity (Wildman–Crippen MR) is 83.3 cm³/mol.